The zero-order valence-electron chi connectivity index (χ0n) is 22.4. The van der Waals surface area contributed by atoms with Crippen molar-refractivity contribution in [1.29, 1.82) is 0 Å². The highest BCUT2D eigenvalue weighted by Gasteiger charge is 2.37. The molecule has 0 saturated carbocycles. The number of hydrogen-bond acceptors (Lipinski definition) is 2. The van der Waals surface area contributed by atoms with Crippen LogP contribution in [0.3, 0.4) is 0 Å². The number of rotatable bonds is 4. The molecular weight excluding hydrogens is 416 g/mol. The van der Waals surface area contributed by atoms with Gasteiger partial charge in [-0.3, -0.25) is 0 Å². The van der Waals surface area contributed by atoms with Crippen LogP contribution < -0.4 is 0 Å². The molecule has 0 aromatic heterocycles. The Morgan fingerprint density at radius 1 is 0.500 bits per heavy atom. The highest BCUT2D eigenvalue weighted by atomic mass is 16.3. The summed E-state index contributed by atoms with van der Waals surface area (Å²) in [5.41, 5.74) is 6.17. The molecule has 2 nitrogen and oxygen atoms in total. The van der Waals surface area contributed by atoms with Crippen molar-refractivity contribution >= 4 is 0 Å². The Hall–Kier alpha value is -2.42. The lowest BCUT2D eigenvalue weighted by molar-refractivity contribution is 0.204. The fourth-order valence-corrected chi connectivity index (χ4v) is 4.94. The second-order valence-corrected chi connectivity index (χ2v) is 12.6. The molecule has 0 saturated heterocycles. The van der Waals surface area contributed by atoms with Crippen LogP contribution in [0.5, 0.6) is 0 Å². The molecule has 3 aromatic rings. The molecule has 0 aliphatic rings. The zero-order valence-corrected chi connectivity index (χ0v) is 22.4. The van der Waals surface area contributed by atoms with Crippen LogP contribution in [0.1, 0.15) is 113 Å². The second-order valence-electron chi connectivity index (χ2n) is 12.6. The van der Waals surface area contributed by atoms with Gasteiger partial charge in [0.1, 0.15) is 12.2 Å². The maximum absolute atomic E-state index is 11.9. The van der Waals surface area contributed by atoms with E-state index in [0.717, 1.165) is 38.9 Å². The SMILES string of the molecule is CC(C)(C)c1cc(C(C)(C)C)c(C(O)c2ccccc2)c(C(C)(C)C)c1C(O)c1ccccc1. The van der Waals surface area contributed by atoms with Crippen molar-refractivity contribution in [3.8, 4) is 0 Å². The van der Waals surface area contributed by atoms with Gasteiger partial charge in [0.2, 0.25) is 0 Å². The van der Waals surface area contributed by atoms with Gasteiger partial charge in [0.05, 0.1) is 0 Å². The van der Waals surface area contributed by atoms with E-state index in [1.54, 1.807) is 0 Å². The summed E-state index contributed by atoms with van der Waals surface area (Å²) in [7, 11) is 0. The molecule has 0 spiro atoms. The first-order valence-corrected chi connectivity index (χ1v) is 12.3. The lowest BCUT2D eigenvalue weighted by Crippen LogP contribution is -2.30. The van der Waals surface area contributed by atoms with E-state index in [0.29, 0.717) is 0 Å². The lowest BCUT2D eigenvalue weighted by atomic mass is 9.66. The normalized spacial score (nSPS) is 14.7. The number of hydrogen-bond donors (Lipinski definition) is 2. The summed E-state index contributed by atoms with van der Waals surface area (Å²) < 4.78 is 0. The van der Waals surface area contributed by atoms with Gasteiger partial charge < -0.3 is 10.2 Å². The van der Waals surface area contributed by atoms with Crippen molar-refractivity contribution in [2.45, 2.75) is 90.8 Å². The molecule has 2 atom stereocenters. The minimum Gasteiger partial charge on any atom is -0.384 e. The monoisotopic (exact) mass is 458 g/mol. The highest BCUT2D eigenvalue weighted by Crippen LogP contribution is 2.48. The minimum atomic E-state index is -0.791. The molecule has 3 rings (SSSR count). The summed E-state index contributed by atoms with van der Waals surface area (Å²) in [6.07, 6.45) is -1.58. The Balaban J connectivity index is 2.54. The predicted molar refractivity (Wildman–Crippen MR) is 144 cm³/mol. The molecular formula is C32H42O2. The van der Waals surface area contributed by atoms with Crippen LogP contribution >= 0.6 is 0 Å². The van der Waals surface area contributed by atoms with E-state index >= 15 is 0 Å². The number of aliphatic hydroxyl groups is 2. The lowest BCUT2D eigenvalue weighted by Gasteiger charge is -2.39. The molecule has 34 heavy (non-hydrogen) atoms. The van der Waals surface area contributed by atoms with Crippen molar-refractivity contribution in [3.63, 3.8) is 0 Å². The summed E-state index contributed by atoms with van der Waals surface area (Å²) in [5.74, 6) is 0. The van der Waals surface area contributed by atoms with Gasteiger partial charge in [-0.2, -0.15) is 0 Å². The molecule has 0 fully saturated rings. The van der Waals surface area contributed by atoms with Crippen LogP contribution in [-0.4, -0.2) is 10.2 Å². The van der Waals surface area contributed by atoms with Crippen LogP contribution in [-0.2, 0) is 16.2 Å². The van der Waals surface area contributed by atoms with E-state index < -0.39 is 12.2 Å². The van der Waals surface area contributed by atoms with E-state index in [4.69, 9.17) is 0 Å². The van der Waals surface area contributed by atoms with Gasteiger partial charge in [-0.25, -0.2) is 0 Å². The Morgan fingerprint density at radius 3 is 1.09 bits per heavy atom. The topological polar surface area (TPSA) is 40.5 Å². The Bertz CT molecular complexity index is 1030. The molecule has 0 amide bonds. The molecule has 0 aliphatic heterocycles. The standard InChI is InChI=1S/C32H42O2/c1-30(2,3)23-20-24(31(4,5)6)26(29(34)22-18-14-11-15-19-22)27(32(7,8)9)25(23)28(33)21-16-12-10-13-17-21/h10-20,28-29,33-34H,1-9H3. The van der Waals surface area contributed by atoms with Crippen molar-refractivity contribution < 1.29 is 10.2 Å². The van der Waals surface area contributed by atoms with Gasteiger partial charge in [0.25, 0.3) is 0 Å². The number of benzene rings is 3. The first-order valence-electron chi connectivity index (χ1n) is 12.3. The maximum atomic E-state index is 11.9. The average molecular weight is 459 g/mol. The van der Waals surface area contributed by atoms with E-state index in [1.165, 1.54) is 0 Å². The van der Waals surface area contributed by atoms with Gasteiger partial charge in [-0.1, -0.05) is 129 Å². The van der Waals surface area contributed by atoms with Crippen LogP contribution in [0.25, 0.3) is 0 Å². The number of aliphatic hydroxyl groups excluding tert-OH is 2. The highest BCUT2D eigenvalue weighted by molar-refractivity contribution is 5.58. The molecule has 0 aliphatic carbocycles. The van der Waals surface area contributed by atoms with Gasteiger partial charge in [-0.15, -0.1) is 0 Å². The first kappa shape index (κ1) is 26.2. The summed E-state index contributed by atoms with van der Waals surface area (Å²) in [4.78, 5) is 0. The minimum absolute atomic E-state index is 0.193. The molecule has 182 valence electrons. The van der Waals surface area contributed by atoms with Crippen LogP contribution in [0.2, 0.25) is 0 Å². The molecule has 3 aromatic carbocycles. The Morgan fingerprint density at radius 2 is 0.824 bits per heavy atom. The van der Waals surface area contributed by atoms with Crippen LogP contribution in [0, 0.1) is 0 Å². The van der Waals surface area contributed by atoms with Crippen LogP contribution in [0.4, 0.5) is 0 Å². The zero-order chi connectivity index (χ0) is 25.5. The third-order valence-corrected chi connectivity index (χ3v) is 6.55. The summed E-state index contributed by atoms with van der Waals surface area (Å²) in [5, 5.41) is 23.7. The first-order chi connectivity index (χ1) is 15.6. The van der Waals surface area contributed by atoms with Gasteiger partial charge in [0, 0.05) is 0 Å². The van der Waals surface area contributed by atoms with Gasteiger partial charge in [0.15, 0.2) is 0 Å². The summed E-state index contributed by atoms with van der Waals surface area (Å²) >= 11 is 0. The van der Waals surface area contributed by atoms with Gasteiger partial charge >= 0.3 is 0 Å². The Kier molecular flexibility index (Phi) is 7.18. The van der Waals surface area contributed by atoms with Gasteiger partial charge in [-0.05, 0) is 55.2 Å². The molecule has 2 heteroatoms. The van der Waals surface area contributed by atoms with E-state index in [1.807, 2.05) is 60.7 Å². The third kappa shape index (κ3) is 5.29. The predicted octanol–water partition coefficient (Wildman–Crippen LogP) is 7.74. The largest absolute Gasteiger partial charge is 0.384 e. The molecule has 0 radical (unpaired) electrons. The summed E-state index contributed by atoms with van der Waals surface area (Å²) in [6.45, 7) is 19.8. The van der Waals surface area contributed by atoms with Crippen LogP contribution in [0.15, 0.2) is 66.7 Å². The van der Waals surface area contributed by atoms with Crippen molar-refractivity contribution in [2.75, 3.05) is 0 Å². The Labute approximate surface area is 206 Å². The maximum Gasteiger partial charge on any atom is 0.105 e. The third-order valence-electron chi connectivity index (χ3n) is 6.55. The molecule has 0 heterocycles. The quantitative estimate of drug-likeness (QED) is 0.420. The smallest absolute Gasteiger partial charge is 0.105 e. The van der Waals surface area contributed by atoms with Crippen molar-refractivity contribution in [3.05, 3.63) is 106 Å². The fourth-order valence-electron chi connectivity index (χ4n) is 4.94. The molecule has 2 N–H and O–H groups in total. The molecule has 0 bridgehead atoms. The fraction of sp³-hybridized carbons (Fsp3) is 0.438. The van der Waals surface area contributed by atoms with E-state index in [2.05, 4.69) is 68.4 Å². The molecule has 2 unspecified atom stereocenters. The van der Waals surface area contributed by atoms with Crippen molar-refractivity contribution in [1.82, 2.24) is 0 Å². The second kappa shape index (κ2) is 9.32. The van der Waals surface area contributed by atoms with Crippen molar-refractivity contribution in [2.24, 2.45) is 0 Å². The summed E-state index contributed by atoms with van der Waals surface area (Å²) in [6, 6.07) is 22.0. The average Bonchev–Trinajstić information content (AvgIpc) is 2.76. The van der Waals surface area contributed by atoms with E-state index in [9.17, 15) is 10.2 Å². The van der Waals surface area contributed by atoms with E-state index in [-0.39, 0.29) is 16.2 Å².